The SMILES string of the molecule is CCNC(=O)c1cn(CC)c2cc(O)c(O)c(Cl)c2c1=O. The number of fused-ring (bicyclic) bond motifs is 1. The highest BCUT2D eigenvalue weighted by Crippen LogP contribution is 2.38. The summed E-state index contributed by atoms with van der Waals surface area (Å²) in [5.74, 6) is -1.49. The second-order valence-corrected chi connectivity index (χ2v) is 4.85. The van der Waals surface area contributed by atoms with Gasteiger partial charge >= 0.3 is 0 Å². The molecule has 0 unspecified atom stereocenters. The van der Waals surface area contributed by atoms with E-state index in [4.69, 9.17) is 11.6 Å². The van der Waals surface area contributed by atoms with Crippen molar-refractivity contribution in [3.8, 4) is 11.5 Å². The van der Waals surface area contributed by atoms with Gasteiger partial charge in [-0.3, -0.25) is 9.59 Å². The standard InChI is InChI=1S/C14H15ClN2O4/c1-3-16-14(21)7-6-17(4-2)8-5-9(18)13(20)11(15)10(8)12(7)19/h5-6,18,20H,3-4H2,1-2H3,(H,16,21). The third kappa shape index (κ3) is 2.42. The lowest BCUT2D eigenvalue weighted by Gasteiger charge is -2.13. The van der Waals surface area contributed by atoms with E-state index < -0.39 is 22.8 Å². The van der Waals surface area contributed by atoms with E-state index in [-0.39, 0.29) is 16.0 Å². The van der Waals surface area contributed by atoms with Gasteiger partial charge in [0, 0.05) is 25.4 Å². The van der Waals surface area contributed by atoms with Crippen molar-refractivity contribution in [2.75, 3.05) is 6.54 Å². The van der Waals surface area contributed by atoms with Crippen LogP contribution in [-0.4, -0.2) is 27.2 Å². The lowest BCUT2D eigenvalue weighted by molar-refractivity contribution is 0.0954. The number of carbonyl (C=O) groups excluding carboxylic acids is 1. The predicted molar refractivity (Wildman–Crippen MR) is 80.2 cm³/mol. The van der Waals surface area contributed by atoms with Crippen LogP contribution in [0.1, 0.15) is 24.2 Å². The fourth-order valence-electron chi connectivity index (χ4n) is 2.15. The maximum absolute atomic E-state index is 12.4. The minimum absolute atomic E-state index is 0.0116. The highest BCUT2D eigenvalue weighted by atomic mass is 35.5. The van der Waals surface area contributed by atoms with Crippen LogP contribution in [0.5, 0.6) is 11.5 Å². The number of aromatic nitrogens is 1. The first kappa shape index (κ1) is 15.2. The minimum Gasteiger partial charge on any atom is -0.504 e. The molecule has 1 aromatic heterocycles. The highest BCUT2D eigenvalue weighted by Gasteiger charge is 2.20. The van der Waals surface area contributed by atoms with E-state index in [1.165, 1.54) is 12.3 Å². The number of nitrogens with one attached hydrogen (secondary N) is 1. The normalized spacial score (nSPS) is 10.8. The van der Waals surface area contributed by atoms with Crippen molar-refractivity contribution in [1.29, 1.82) is 0 Å². The van der Waals surface area contributed by atoms with Gasteiger partial charge in [0.25, 0.3) is 5.91 Å². The van der Waals surface area contributed by atoms with E-state index in [0.717, 1.165) is 0 Å². The number of halogens is 1. The summed E-state index contributed by atoms with van der Waals surface area (Å²) in [5, 5.41) is 21.6. The first-order valence-electron chi connectivity index (χ1n) is 6.48. The molecule has 0 aliphatic heterocycles. The van der Waals surface area contributed by atoms with Crippen molar-refractivity contribution in [3.63, 3.8) is 0 Å². The summed E-state index contributed by atoms with van der Waals surface area (Å²) in [5.41, 5.74) is -0.282. The van der Waals surface area contributed by atoms with Crippen LogP contribution < -0.4 is 10.7 Å². The van der Waals surface area contributed by atoms with E-state index in [1.807, 2.05) is 6.92 Å². The monoisotopic (exact) mass is 310 g/mol. The zero-order valence-corrected chi connectivity index (χ0v) is 12.4. The Morgan fingerprint density at radius 1 is 1.38 bits per heavy atom. The van der Waals surface area contributed by atoms with E-state index in [9.17, 15) is 19.8 Å². The van der Waals surface area contributed by atoms with Crippen LogP contribution in [0.15, 0.2) is 17.1 Å². The summed E-state index contributed by atoms with van der Waals surface area (Å²) in [7, 11) is 0. The molecule has 0 saturated carbocycles. The minimum atomic E-state index is -0.582. The van der Waals surface area contributed by atoms with Crippen LogP contribution in [0.2, 0.25) is 5.02 Å². The second kappa shape index (κ2) is 5.65. The number of pyridine rings is 1. The smallest absolute Gasteiger partial charge is 0.256 e. The molecule has 6 nitrogen and oxygen atoms in total. The molecular formula is C14H15ClN2O4. The Morgan fingerprint density at radius 3 is 2.62 bits per heavy atom. The number of hydrogen-bond acceptors (Lipinski definition) is 4. The summed E-state index contributed by atoms with van der Waals surface area (Å²) in [4.78, 5) is 24.4. The molecule has 3 N–H and O–H groups in total. The summed E-state index contributed by atoms with van der Waals surface area (Å²) in [6, 6.07) is 1.25. The van der Waals surface area contributed by atoms with Gasteiger partial charge < -0.3 is 20.1 Å². The maximum atomic E-state index is 12.4. The fourth-order valence-corrected chi connectivity index (χ4v) is 2.43. The van der Waals surface area contributed by atoms with Crippen molar-refractivity contribution in [1.82, 2.24) is 9.88 Å². The van der Waals surface area contributed by atoms with E-state index >= 15 is 0 Å². The molecule has 0 atom stereocenters. The molecule has 0 aliphatic carbocycles. The molecule has 7 heteroatoms. The van der Waals surface area contributed by atoms with Gasteiger partial charge in [-0.1, -0.05) is 11.6 Å². The van der Waals surface area contributed by atoms with Gasteiger partial charge in [0.15, 0.2) is 11.5 Å². The zero-order chi connectivity index (χ0) is 15.7. The molecule has 0 bridgehead atoms. The van der Waals surface area contributed by atoms with E-state index in [1.54, 1.807) is 11.5 Å². The number of carbonyl (C=O) groups is 1. The molecule has 112 valence electrons. The van der Waals surface area contributed by atoms with Crippen molar-refractivity contribution >= 4 is 28.4 Å². The summed E-state index contributed by atoms with van der Waals surface area (Å²) < 4.78 is 1.62. The zero-order valence-electron chi connectivity index (χ0n) is 11.6. The van der Waals surface area contributed by atoms with Crippen LogP contribution in [-0.2, 0) is 6.54 Å². The van der Waals surface area contributed by atoms with Crippen LogP contribution in [0.25, 0.3) is 10.9 Å². The van der Waals surface area contributed by atoms with E-state index in [0.29, 0.717) is 18.6 Å². The number of phenols is 2. The Kier molecular flexibility index (Phi) is 4.09. The summed E-state index contributed by atoms with van der Waals surface area (Å²) in [6.07, 6.45) is 1.42. The maximum Gasteiger partial charge on any atom is 0.256 e. The van der Waals surface area contributed by atoms with Crippen molar-refractivity contribution in [2.24, 2.45) is 0 Å². The molecule has 21 heavy (non-hydrogen) atoms. The van der Waals surface area contributed by atoms with Gasteiger partial charge in [-0.05, 0) is 13.8 Å². The quantitative estimate of drug-likeness (QED) is 0.754. The average Bonchev–Trinajstić information content (AvgIpc) is 2.45. The Bertz CT molecular complexity index is 783. The van der Waals surface area contributed by atoms with Crippen LogP contribution >= 0.6 is 11.6 Å². The lowest BCUT2D eigenvalue weighted by atomic mass is 10.1. The molecule has 0 radical (unpaired) electrons. The number of benzene rings is 1. The van der Waals surface area contributed by atoms with Crippen LogP contribution in [0.4, 0.5) is 0 Å². The molecule has 0 saturated heterocycles. The number of nitrogens with zero attached hydrogens (tertiary/aromatic N) is 1. The largest absolute Gasteiger partial charge is 0.504 e. The molecule has 0 aliphatic rings. The third-order valence-corrected chi connectivity index (χ3v) is 3.56. The van der Waals surface area contributed by atoms with Crippen molar-refractivity contribution < 1.29 is 15.0 Å². The van der Waals surface area contributed by atoms with E-state index in [2.05, 4.69) is 5.32 Å². The first-order chi connectivity index (χ1) is 9.92. The highest BCUT2D eigenvalue weighted by molar-refractivity contribution is 6.37. The van der Waals surface area contributed by atoms with Crippen LogP contribution in [0, 0.1) is 0 Å². The summed E-state index contributed by atoms with van der Waals surface area (Å²) >= 11 is 5.96. The molecule has 1 aromatic carbocycles. The number of aromatic hydroxyl groups is 2. The number of aryl methyl sites for hydroxylation is 1. The van der Waals surface area contributed by atoms with Gasteiger partial charge in [0.1, 0.15) is 5.56 Å². The Balaban J connectivity index is 2.92. The molecule has 1 heterocycles. The predicted octanol–water partition coefficient (Wildman–Crippen LogP) is 1.84. The fraction of sp³-hybridized carbons (Fsp3) is 0.286. The molecule has 2 rings (SSSR count). The number of amides is 1. The Morgan fingerprint density at radius 2 is 2.05 bits per heavy atom. The average molecular weight is 311 g/mol. The Labute approximate surface area is 125 Å². The Hall–Kier alpha value is -2.21. The molecule has 1 amide bonds. The molecule has 2 aromatic rings. The molecule has 0 spiro atoms. The van der Waals surface area contributed by atoms with Gasteiger partial charge in [-0.2, -0.15) is 0 Å². The van der Waals surface area contributed by atoms with Gasteiger partial charge in [-0.25, -0.2) is 0 Å². The van der Waals surface area contributed by atoms with Gasteiger partial charge in [0.05, 0.1) is 15.9 Å². The first-order valence-corrected chi connectivity index (χ1v) is 6.85. The topological polar surface area (TPSA) is 91.6 Å². The third-order valence-electron chi connectivity index (χ3n) is 3.19. The molecular weight excluding hydrogens is 296 g/mol. The second-order valence-electron chi connectivity index (χ2n) is 4.47. The molecule has 0 fully saturated rings. The van der Waals surface area contributed by atoms with Crippen molar-refractivity contribution in [2.45, 2.75) is 20.4 Å². The van der Waals surface area contributed by atoms with Crippen LogP contribution in [0.3, 0.4) is 0 Å². The lowest BCUT2D eigenvalue weighted by Crippen LogP contribution is -2.29. The van der Waals surface area contributed by atoms with Gasteiger partial charge in [0.2, 0.25) is 5.43 Å². The number of rotatable bonds is 3. The van der Waals surface area contributed by atoms with Gasteiger partial charge in [-0.15, -0.1) is 0 Å². The number of hydrogen-bond donors (Lipinski definition) is 3. The summed E-state index contributed by atoms with van der Waals surface area (Å²) in [6.45, 7) is 4.41. The number of phenolic OH excluding ortho intramolecular Hbond substituents is 2. The van der Waals surface area contributed by atoms with Crippen molar-refractivity contribution in [3.05, 3.63) is 33.1 Å².